The van der Waals surface area contributed by atoms with Gasteiger partial charge in [-0.25, -0.2) is 4.79 Å². The third-order valence-electron chi connectivity index (χ3n) is 4.83. The standard InChI is InChI=1S/C23H18N2O3/c1-2-25(23(27)28)18-9-10-19-16(12-18)8-11-21-20(22(19)26)13-17(14-24-21)15-6-4-3-5-7-15/h3-14H,2H2,1H3,(H,27,28). The van der Waals surface area contributed by atoms with Gasteiger partial charge in [0.1, 0.15) is 0 Å². The lowest BCUT2D eigenvalue weighted by Gasteiger charge is -2.17. The van der Waals surface area contributed by atoms with Gasteiger partial charge in [0.2, 0.25) is 0 Å². The van der Waals surface area contributed by atoms with Crippen molar-refractivity contribution in [2.45, 2.75) is 6.92 Å². The van der Waals surface area contributed by atoms with Crippen LogP contribution in [0.4, 0.5) is 10.5 Å². The summed E-state index contributed by atoms with van der Waals surface area (Å²) in [5, 5.41) is 11.1. The molecular formula is C23H18N2O3. The van der Waals surface area contributed by atoms with E-state index in [2.05, 4.69) is 4.98 Å². The fourth-order valence-electron chi connectivity index (χ4n) is 3.38. The van der Waals surface area contributed by atoms with E-state index in [1.807, 2.05) is 42.5 Å². The summed E-state index contributed by atoms with van der Waals surface area (Å²) in [4.78, 5) is 30.3. The van der Waals surface area contributed by atoms with Crippen LogP contribution in [0.5, 0.6) is 0 Å². The SMILES string of the molecule is CCN(C(=O)O)c1ccc2c(=O)c3cc(-c4ccccc4)cnc3ccc2c1. The Hall–Kier alpha value is -3.73. The Morgan fingerprint density at radius 2 is 1.75 bits per heavy atom. The van der Waals surface area contributed by atoms with Crippen LogP contribution in [0.1, 0.15) is 6.92 Å². The molecule has 0 radical (unpaired) electrons. The first kappa shape index (κ1) is 17.7. The first-order valence-electron chi connectivity index (χ1n) is 9.01. The van der Waals surface area contributed by atoms with Gasteiger partial charge in [-0.2, -0.15) is 0 Å². The number of hydrogen-bond donors (Lipinski definition) is 1. The van der Waals surface area contributed by atoms with Gasteiger partial charge < -0.3 is 5.11 Å². The van der Waals surface area contributed by atoms with E-state index in [9.17, 15) is 14.7 Å². The highest BCUT2D eigenvalue weighted by Gasteiger charge is 2.13. The van der Waals surface area contributed by atoms with E-state index in [0.29, 0.717) is 33.9 Å². The summed E-state index contributed by atoms with van der Waals surface area (Å²) in [6.45, 7) is 2.10. The van der Waals surface area contributed by atoms with Crippen LogP contribution in [0.2, 0.25) is 0 Å². The third kappa shape index (κ3) is 3.07. The summed E-state index contributed by atoms with van der Waals surface area (Å²) in [6.07, 6.45) is 0.736. The van der Waals surface area contributed by atoms with Gasteiger partial charge in [-0.05, 0) is 48.2 Å². The predicted molar refractivity (Wildman–Crippen MR) is 112 cm³/mol. The van der Waals surface area contributed by atoms with Crippen molar-refractivity contribution in [2.75, 3.05) is 11.4 Å². The molecule has 0 unspecified atom stereocenters. The molecular weight excluding hydrogens is 352 g/mol. The summed E-state index contributed by atoms with van der Waals surface area (Å²) in [5.74, 6) is 0. The number of aromatic nitrogens is 1. The van der Waals surface area contributed by atoms with Gasteiger partial charge in [-0.3, -0.25) is 14.7 Å². The summed E-state index contributed by atoms with van der Waals surface area (Å²) in [5.41, 5.74) is 2.90. The highest BCUT2D eigenvalue weighted by molar-refractivity contribution is 5.96. The normalized spacial score (nSPS) is 10.9. The maximum atomic E-state index is 13.2. The molecule has 0 spiro atoms. The van der Waals surface area contributed by atoms with E-state index in [4.69, 9.17) is 0 Å². The largest absolute Gasteiger partial charge is 0.465 e. The van der Waals surface area contributed by atoms with E-state index in [1.165, 1.54) is 4.90 Å². The molecule has 0 saturated heterocycles. The van der Waals surface area contributed by atoms with Crippen molar-refractivity contribution in [1.82, 2.24) is 4.98 Å². The minimum Gasteiger partial charge on any atom is -0.465 e. The van der Waals surface area contributed by atoms with Gasteiger partial charge in [0.25, 0.3) is 0 Å². The molecule has 0 fully saturated rings. The highest BCUT2D eigenvalue weighted by atomic mass is 16.4. The number of carbonyl (C=O) groups is 1. The third-order valence-corrected chi connectivity index (χ3v) is 4.83. The van der Waals surface area contributed by atoms with Crippen molar-refractivity contribution in [3.8, 4) is 11.1 Å². The fourth-order valence-corrected chi connectivity index (χ4v) is 3.38. The second-order valence-corrected chi connectivity index (χ2v) is 6.48. The maximum absolute atomic E-state index is 13.2. The van der Waals surface area contributed by atoms with Crippen LogP contribution in [0.15, 0.2) is 77.7 Å². The van der Waals surface area contributed by atoms with E-state index in [-0.39, 0.29) is 5.43 Å². The number of hydrogen-bond acceptors (Lipinski definition) is 3. The van der Waals surface area contributed by atoms with Gasteiger partial charge in [-0.15, -0.1) is 0 Å². The molecule has 0 saturated carbocycles. The Morgan fingerprint density at radius 3 is 2.46 bits per heavy atom. The molecule has 138 valence electrons. The summed E-state index contributed by atoms with van der Waals surface area (Å²) in [7, 11) is 0. The lowest BCUT2D eigenvalue weighted by atomic mass is 10.1. The molecule has 1 amide bonds. The molecule has 1 aromatic heterocycles. The number of benzene rings is 2. The topological polar surface area (TPSA) is 70.5 Å². The summed E-state index contributed by atoms with van der Waals surface area (Å²) < 4.78 is 0. The Bertz CT molecular complexity index is 1250. The van der Waals surface area contributed by atoms with Crippen LogP contribution in [-0.2, 0) is 0 Å². The van der Waals surface area contributed by atoms with Crippen LogP contribution in [0.3, 0.4) is 0 Å². The zero-order chi connectivity index (χ0) is 19.7. The van der Waals surface area contributed by atoms with Crippen LogP contribution in [0.25, 0.3) is 32.8 Å². The highest BCUT2D eigenvalue weighted by Crippen LogP contribution is 2.24. The quantitative estimate of drug-likeness (QED) is 0.556. The second kappa shape index (κ2) is 7.12. The molecule has 3 aromatic carbocycles. The Morgan fingerprint density at radius 1 is 0.964 bits per heavy atom. The van der Waals surface area contributed by atoms with E-state index >= 15 is 0 Å². The van der Waals surface area contributed by atoms with E-state index in [1.54, 1.807) is 37.4 Å². The van der Waals surface area contributed by atoms with Gasteiger partial charge in [0, 0.05) is 34.8 Å². The summed E-state index contributed by atoms with van der Waals surface area (Å²) in [6, 6.07) is 20.4. The Kier molecular flexibility index (Phi) is 4.49. The monoisotopic (exact) mass is 370 g/mol. The average Bonchev–Trinajstić information content (AvgIpc) is 2.85. The van der Waals surface area contributed by atoms with Crippen LogP contribution in [-0.4, -0.2) is 22.7 Å². The van der Waals surface area contributed by atoms with Crippen molar-refractivity contribution in [3.05, 3.63) is 83.2 Å². The van der Waals surface area contributed by atoms with E-state index < -0.39 is 6.09 Å². The smallest absolute Gasteiger partial charge is 0.411 e. The number of anilines is 1. The van der Waals surface area contributed by atoms with Crippen LogP contribution < -0.4 is 10.3 Å². The van der Waals surface area contributed by atoms with Crippen molar-refractivity contribution >= 4 is 33.5 Å². The van der Waals surface area contributed by atoms with Gasteiger partial charge >= 0.3 is 6.09 Å². The van der Waals surface area contributed by atoms with Crippen molar-refractivity contribution < 1.29 is 9.90 Å². The number of carboxylic acid groups (broad SMARTS) is 1. The van der Waals surface area contributed by atoms with Gasteiger partial charge in [-0.1, -0.05) is 36.4 Å². The Labute approximate surface area is 161 Å². The molecule has 4 aromatic rings. The minimum absolute atomic E-state index is 0.120. The van der Waals surface area contributed by atoms with Gasteiger partial charge in [0.15, 0.2) is 5.43 Å². The lowest BCUT2D eigenvalue weighted by Crippen LogP contribution is -2.28. The number of pyridine rings is 1. The molecule has 0 bridgehead atoms. The molecule has 0 atom stereocenters. The number of nitrogens with zero attached hydrogens (tertiary/aromatic N) is 2. The number of amides is 1. The van der Waals surface area contributed by atoms with Crippen LogP contribution in [0, 0.1) is 0 Å². The molecule has 0 aliphatic heterocycles. The summed E-state index contributed by atoms with van der Waals surface area (Å²) >= 11 is 0. The van der Waals surface area contributed by atoms with Crippen LogP contribution >= 0.6 is 0 Å². The number of rotatable bonds is 3. The molecule has 5 heteroatoms. The molecule has 1 N–H and O–H groups in total. The van der Waals surface area contributed by atoms with Crippen molar-refractivity contribution in [2.24, 2.45) is 0 Å². The lowest BCUT2D eigenvalue weighted by molar-refractivity contribution is 0.202. The molecule has 0 aliphatic carbocycles. The number of fused-ring (bicyclic) bond motifs is 2. The molecule has 4 rings (SSSR count). The molecule has 5 nitrogen and oxygen atoms in total. The predicted octanol–water partition coefficient (Wildman–Crippen LogP) is 4.92. The first-order valence-corrected chi connectivity index (χ1v) is 9.01. The van der Waals surface area contributed by atoms with Crippen molar-refractivity contribution in [1.29, 1.82) is 0 Å². The fraction of sp³-hybridized carbons (Fsp3) is 0.0870. The van der Waals surface area contributed by atoms with Gasteiger partial charge in [0.05, 0.1) is 5.52 Å². The average molecular weight is 370 g/mol. The van der Waals surface area contributed by atoms with E-state index in [0.717, 1.165) is 11.1 Å². The molecule has 1 heterocycles. The zero-order valence-corrected chi connectivity index (χ0v) is 15.3. The first-order chi connectivity index (χ1) is 13.6. The minimum atomic E-state index is -1.02. The Balaban J connectivity index is 1.95. The van der Waals surface area contributed by atoms with Crippen molar-refractivity contribution in [3.63, 3.8) is 0 Å². The molecule has 0 aliphatic rings. The molecule has 28 heavy (non-hydrogen) atoms. The zero-order valence-electron chi connectivity index (χ0n) is 15.3. The second-order valence-electron chi connectivity index (χ2n) is 6.48. The maximum Gasteiger partial charge on any atom is 0.411 e.